The van der Waals surface area contributed by atoms with Gasteiger partial charge in [0.25, 0.3) is 5.91 Å². The zero-order valence-electron chi connectivity index (χ0n) is 15.0. The zero-order chi connectivity index (χ0) is 19.4. The van der Waals surface area contributed by atoms with Crippen molar-refractivity contribution in [3.05, 3.63) is 64.4 Å². The smallest absolute Gasteiger partial charge is 0.274 e. The third kappa shape index (κ3) is 4.54. The minimum absolute atomic E-state index is 0.122. The molecule has 0 spiro atoms. The fourth-order valence-electron chi connectivity index (χ4n) is 2.53. The molecule has 0 N–H and O–H groups in total. The molecule has 0 fully saturated rings. The average molecular weight is 436 g/mol. The maximum atomic E-state index is 12.9. The Morgan fingerprint density at radius 1 is 1.30 bits per heavy atom. The molecule has 0 aliphatic carbocycles. The van der Waals surface area contributed by atoms with Gasteiger partial charge in [-0.2, -0.15) is 10.2 Å². The van der Waals surface area contributed by atoms with Crippen molar-refractivity contribution in [2.24, 2.45) is 0 Å². The van der Waals surface area contributed by atoms with Crippen LogP contribution < -0.4 is 4.74 Å². The monoisotopic (exact) mass is 435 g/mol. The molecule has 0 bridgehead atoms. The van der Waals surface area contributed by atoms with Crippen LogP contribution in [-0.2, 0) is 19.8 Å². The van der Waals surface area contributed by atoms with Crippen LogP contribution in [0.1, 0.15) is 23.1 Å². The number of carbonyl (C=O) groups excluding carboxylic acids is 1. The van der Waals surface area contributed by atoms with Crippen LogP contribution in [0.2, 0.25) is 0 Å². The fourth-order valence-corrected chi connectivity index (χ4v) is 2.95. The summed E-state index contributed by atoms with van der Waals surface area (Å²) < 4.78 is 22.6. The Morgan fingerprint density at radius 2 is 2.04 bits per heavy atom. The van der Waals surface area contributed by atoms with E-state index in [-0.39, 0.29) is 18.5 Å². The van der Waals surface area contributed by atoms with Crippen molar-refractivity contribution in [1.82, 2.24) is 24.5 Å². The van der Waals surface area contributed by atoms with Crippen LogP contribution >= 0.6 is 15.9 Å². The number of carbonyl (C=O) groups is 1. The van der Waals surface area contributed by atoms with Gasteiger partial charge in [-0.15, -0.1) is 0 Å². The predicted octanol–water partition coefficient (Wildman–Crippen LogP) is 3.31. The second-order valence-electron chi connectivity index (χ2n) is 5.88. The number of aromatic nitrogens is 4. The summed E-state index contributed by atoms with van der Waals surface area (Å²) in [6.45, 7) is 3.24. The van der Waals surface area contributed by atoms with Crippen LogP contribution in [-0.4, -0.2) is 37.4 Å². The lowest BCUT2D eigenvalue weighted by Gasteiger charge is -2.17. The molecule has 142 valence electrons. The number of rotatable bonds is 7. The summed E-state index contributed by atoms with van der Waals surface area (Å²) in [5, 5.41) is 8.50. The van der Waals surface area contributed by atoms with E-state index in [1.54, 1.807) is 30.4 Å². The lowest BCUT2D eigenvalue weighted by atomic mass is 10.3. The topological polar surface area (TPSA) is 65.2 Å². The Bertz CT molecular complexity index is 922. The van der Waals surface area contributed by atoms with E-state index in [1.165, 1.54) is 28.9 Å². The Balaban J connectivity index is 1.62. The highest BCUT2D eigenvalue weighted by molar-refractivity contribution is 9.10. The molecule has 3 aromatic rings. The van der Waals surface area contributed by atoms with E-state index < -0.39 is 0 Å². The first-order valence-electron chi connectivity index (χ1n) is 8.35. The van der Waals surface area contributed by atoms with E-state index in [1.807, 2.05) is 11.6 Å². The number of halogens is 2. The fraction of sp³-hybridized carbons (Fsp3) is 0.278. The van der Waals surface area contributed by atoms with E-state index in [0.29, 0.717) is 18.0 Å². The van der Waals surface area contributed by atoms with Crippen molar-refractivity contribution in [2.45, 2.75) is 26.7 Å². The van der Waals surface area contributed by atoms with E-state index in [0.717, 1.165) is 16.7 Å². The summed E-state index contributed by atoms with van der Waals surface area (Å²) in [7, 11) is 1.72. The Morgan fingerprint density at radius 3 is 2.74 bits per heavy atom. The van der Waals surface area contributed by atoms with Crippen molar-refractivity contribution < 1.29 is 13.9 Å². The molecule has 0 aliphatic rings. The molecule has 0 radical (unpaired) electrons. The number of nitrogens with zero attached hydrogens (tertiary/aromatic N) is 5. The maximum Gasteiger partial charge on any atom is 0.274 e. The molecular formula is C18H19BrFN5O2. The summed E-state index contributed by atoms with van der Waals surface area (Å²) >= 11 is 3.46. The van der Waals surface area contributed by atoms with Crippen molar-refractivity contribution in [3.63, 3.8) is 0 Å². The van der Waals surface area contributed by atoms with Crippen LogP contribution in [0.4, 0.5) is 4.39 Å². The minimum atomic E-state index is -0.326. The van der Waals surface area contributed by atoms with Gasteiger partial charge in [-0.1, -0.05) is 0 Å². The van der Waals surface area contributed by atoms with E-state index in [2.05, 4.69) is 26.1 Å². The lowest BCUT2D eigenvalue weighted by molar-refractivity contribution is 0.0773. The molecular weight excluding hydrogens is 417 g/mol. The van der Waals surface area contributed by atoms with Gasteiger partial charge in [0.1, 0.15) is 11.6 Å². The van der Waals surface area contributed by atoms with Crippen molar-refractivity contribution >= 4 is 21.8 Å². The van der Waals surface area contributed by atoms with Gasteiger partial charge in [-0.05, 0) is 53.2 Å². The molecule has 27 heavy (non-hydrogen) atoms. The summed E-state index contributed by atoms with van der Waals surface area (Å²) in [6, 6.07) is 7.35. The van der Waals surface area contributed by atoms with E-state index in [4.69, 9.17) is 4.74 Å². The second-order valence-corrected chi connectivity index (χ2v) is 6.74. The molecule has 0 unspecified atom stereocenters. The van der Waals surface area contributed by atoms with Crippen LogP contribution in [0, 0.1) is 5.82 Å². The lowest BCUT2D eigenvalue weighted by Crippen LogP contribution is -2.28. The van der Waals surface area contributed by atoms with Crippen LogP contribution in [0.25, 0.3) is 0 Å². The third-order valence-electron chi connectivity index (χ3n) is 3.97. The molecule has 0 saturated heterocycles. The standard InChI is InChI=1S/C18H19BrFN5O2/c1-3-25-17(15(19)10-21-25)11-23(2)18(26)16-8-9-24(22-16)12-27-14-6-4-13(20)5-7-14/h4-10H,3,11-12H2,1-2H3. The van der Waals surface area contributed by atoms with Gasteiger partial charge in [-0.3, -0.25) is 9.48 Å². The minimum Gasteiger partial charge on any atom is -0.471 e. The Kier molecular flexibility index (Phi) is 5.90. The van der Waals surface area contributed by atoms with Gasteiger partial charge in [0, 0.05) is 19.8 Å². The largest absolute Gasteiger partial charge is 0.471 e. The van der Waals surface area contributed by atoms with Crippen LogP contribution in [0.3, 0.4) is 0 Å². The number of hydrogen-bond donors (Lipinski definition) is 0. The second kappa shape index (κ2) is 8.34. The van der Waals surface area contributed by atoms with Crippen LogP contribution in [0.5, 0.6) is 5.75 Å². The van der Waals surface area contributed by atoms with E-state index in [9.17, 15) is 9.18 Å². The molecule has 0 saturated carbocycles. The van der Waals surface area contributed by atoms with Gasteiger partial charge in [0.05, 0.1) is 22.9 Å². The molecule has 2 heterocycles. The molecule has 0 atom stereocenters. The molecule has 1 aromatic carbocycles. The maximum absolute atomic E-state index is 12.9. The zero-order valence-corrected chi connectivity index (χ0v) is 16.6. The SMILES string of the molecule is CCn1ncc(Br)c1CN(C)C(=O)c1ccn(COc2ccc(F)cc2)n1. The van der Waals surface area contributed by atoms with Gasteiger partial charge in [0.2, 0.25) is 0 Å². The Labute approximate surface area is 164 Å². The first kappa shape index (κ1) is 19.1. The number of amides is 1. The first-order valence-corrected chi connectivity index (χ1v) is 9.14. The van der Waals surface area contributed by atoms with E-state index >= 15 is 0 Å². The highest BCUT2D eigenvalue weighted by Gasteiger charge is 2.18. The number of ether oxygens (including phenoxy) is 1. The average Bonchev–Trinajstić information content (AvgIpc) is 3.28. The van der Waals surface area contributed by atoms with Gasteiger partial charge in [0.15, 0.2) is 12.4 Å². The molecule has 1 amide bonds. The van der Waals surface area contributed by atoms with Crippen LogP contribution in [0.15, 0.2) is 47.2 Å². The normalized spacial score (nSPS) is 10.8. The molecule has 2 aromatic heterocycles. The van der Waals surface area contributed by atoms with Crippen molar-refractivity contribution in [2.75, 3.05) is 7.05 Å². The number of aryl methyl sites for hydroxylation is 1. The van der Waals surface area contributed by atoms with Crippen molar-refractivity contribution in [3.8, 4) is 5.75 Å². The third-order valence-corrected chi connectivity index (χ3v) is 4.63. The van der Waals surface area contributed by atoms with Crippen molar-refractivity contribution in [1.29, 1.82) is 0 Å². The predicted molar refractivity (Wildman–Crippen MR) is 101 cm³/mol. The summed E-state index contributed by atoms with van der Waals surface area (Å²) in [5.41, 5.74) is 1.24. The molecule has 7 nitrogen and oxygen atoms in total. The quantitative estimate of drug-likeness (QED) is 0.570. The number of benzene rings is 1. The summed E-state index contributed by atoms with van der Waals surface area (Å²) in [6.07, 6.45) is 3.38. The number of hydrogen-bond acceptors (Lipinski definition) is 4. The summed E-state index contributed by atoms with van der Waals surface area (Å²) in [5.74, 6) is -0.00531. The molecule has 0 aliphatic heterocycles. The highest BCUT2D eigenvalue weighted by atomic mass is 79.9. The molecule has 3 rings (SSSR count). The molecule has 9 heteroatoms. The Hall–Kier alpha value is -2.68. The van der Waals surface area contributed by atoms with Gasteiger partial charge < -0.3 is 9.64 Å². The highest BCUT2D eigenvalue weighted by Crippen LogP contribution is 2.18. The van der Waals surface area contributed by atoms with Gasteiger partial charge >= 0.3 is 0 Å². The summed E-state index contributed by atoms with van der Waals surface area (Å²) in [4.78, 5) is 14.2. The first-order chi connectivity index (χ1) is 13.0. The van der Waals surface area contributed by atoms with Gasteiger partial charge in [-0.25, -0.2) is 9.07 Å².